The SMILES string of the molecule is Nc1ccc(Cl)cc1NCC1CCCS1(=O)=O. The molecule has 0 aliphatic carbocycles. The number of rotatable bonds is 3. The quantitative estimate of drug-likeness (QED) is 0.826. The Balaban J connectivity index is 2.05. The molecule has 0 aromatic heterocycles. The van der Waals surface area contributed by atoms with Gasteiger partial charge in [0.05, 0.1) is 22.4 Å². The molecular weight excluding hydrogens is 260 g/mol. The number of nitrogen functional groups attached to an aromatic ring is 1. The maximum atomic E-state index is 11.6. The first kappa shape index (κ1) is 12.5. The van der Waals surface area contributed by atoms with E-state index in [1.807, 2.05) is 0 Å². The van der Waals surface area contributed by atoms with Crippen LogP contribution in [0.5, 0.6) is 0 Å². The van der Waals surface area contributed by atoms with Crippen molar-refractivity contribution >= 4 is 32.8 Å². The summed E-state index contributed by atoms with van der Waals surface area (Å²) in [7, 11) is -2.92. The number of halogens is 1. The Morgan fingerprint density at radius 2 is 2.24 bits per heavy atom. The van der Waals surface area contributed by atoms with Gasteiger partial charge in [-0.25, -0.2) is 8.42 Å². The highest BCUT2D eigenvalue weighted by Crippen LogP contribution is 2.25. The summed E-state index contributed by atoms with van der Waals surface area (Å²) in [6, 6.07) is 5.11. The number of nitrogens with two attached hydrogens (primary N) is 1. The standard InChI is InChI=1S/C11H15ClN2O2S/c12-8-3-4-10(13)11(6-8)14-7-9-2-1-5-17(9,15)16/h3-4,6,9,14H,1-2,5,7,13H2. The second kappa shape index (κ2) is 4.74. The van der Waals surface area contributed by atoms with Gasteiger partial charge >= 0.3 is 0 Å². The van der Waals surface area contributed by atoms with Crippen molar-refractivity contribution in [2.24, 2.45) is 0 Å². The van der Waals surface area contributed by atoms with Crippen LogP contribution in [0.1, 0.15) is 12.8 Å². The third kappa shape index (κ3) is 2.84. The van der Waals surface area contributed by atoms with Crippen LogP contribution >= 0.6 is 11.6 Å². The lowest BCUT2D eigenvalue weighted by molar-refractivity contribution is 0.591. The van der Waals surface area contributed by atoms with Crippen molar-refractivity contribution in [3.63, 3.8) is 0 Å². The molecule has 4 nitrogen and oxygen atoms in total. The zero-order chi connectivity index (χ0) is 12.5. The molecule has 94 valence electrons. The van der Waals surface area contributed by atoms with Gasteiger partial charge in [0.1, 0.15) is 0 Å². The van der Waals surface area contributed by atoms with E-state index in [0.717, 1.165) is 12.8 Å². The molecule has 1 atom stereocenters. The van der Waals surface area contributed by atoms with Crippen molar-refractivity contribution in [2.45, 2.75) is 18.1 Å². The Bertz CT molecular complexity index is 516. The highest BCUT2D eigenvalue weighted by molar-refractivity contribution is 7.92. The van der Waals surface area contributed by atoms with Gasteiger partial charge in [-0.3, -0.25) is 0 Å². The lowest BCUT2D eigenvalue weighted by atomic mass is 10.2. The summed E-state index contributed by atoms with van der Waals surface area (Å²) in [6.45, 7) is 0.396. The van der Waals surface area contributed by atoms with Gasteiger partial charge in [-0.1, -0.05) is 11.6 Å². The minimum atomic E-state index is -2.92. The fourth-order valence-corrected chi connectivity index (χ4v) is 3.93. The van der Waals surface area contributed by atoms with Crippen LogP contribution in [0.2, 0.25) is 5.02 Å². The average molecular weight is 275 g/mol. The molecule has 0 saturated carbocycles. The van der Waals surface area contributed by atoms with E-state index < -0.39 is 9.84 Å². The van der Waals surface area contributed by atoms with E-state index in [4.69, 9.17) is 17.3 Å². The molecule has 3 N–H and O–H groups in total. The van der Waals surface area contributed by atoms with Crippen LogP contribution in [0, 0.1) is 0 Å². The molecule has 17 heavy (non-hydrogen) atoms. The van der Waals surface area contributed by atoms with Crippen LogP contribution in [0.4, 0.5) is 11.4 Å². The van der Waals surface area contributed by atoms with E-state index in [-0.39, 0.29) is 5.25 Å². The fourth-order valence-electron chi connectivity index (χ4n) is 1.99. The summed E-state index contributed by atoms with van der Waals surface area (Å²) in [6.07, 6.45) is 1.47. The highest BCUT2D eigenvalue weighted by Gasteiger charge is 2.30. The van der Waals surface area contributed by atoms with Crippen LogP contribution in [0.25, 0.3) is 0 Å². The van der Waals surface area contributed by atoms with Gasteiger partial charge in [0.15, 0.2) is 9.84 Å². The molecular formula is C11H15ClN2O2S. The van der Waals surface area contributed by atoms with Gasteiger partial charge in [-0.15, -0.1) is 0 Å². The second-order valence-corrected chi connectivity index (χ2v) is 7.08. The van der Waals surface area contributed by atoms with Crippen LogP contribution in [-0.4, -0.2) is 26.0 Å². The molecule has 1 saturated heterocycles. The monoisotopic (exact) mass is 274 g/mol. The lowest BCUT2D eigenvalue weighted by Crippen LogP contribution is -2.25. The Morgan fingerprint density at radius 1 is 1.47 bits per heavy atom. The van der Waals surface area contributed by atoms with E-state index in [2.05, 4.69) is 5.32 Å². The number of hydrogen-bond donors (Lipinski definition) is 2. The lowest BCUT2D eigenvalue weighted by Gasteiger charge is -2.13. The van der Waals surface area contributed by atoms with Crippen LogP contribution in [-0.2, 0) is 9.84 Å². The van der Waals surface area contributed by atoms with E-state index >= 15 is 0 Å². The Kier molecular flexibility index (Phi) is 3.49. The Hall–Kier alpha value is -0.940. The van der Waals surface area contributed by atoms with Crippen molar-refractivity contribution in [2.75, 3.05) is 23.3 Å². The van der Waals surface area contributed by atoms with Crippen LogP contribution in [0.3, 0.4) is 0 Å². The molecule has 1 aromatic rings. The Morgan fingerprint density at radius 3 is 2.88 bits per heavy atom. The molecule has 0 radical (unpaired) electrons. The topological polar surface area (TPSA) is 72.2 Å². The van der Waals surface area contributed by atoms with Gasteiger partial charge in [0.25, 0.3) is 0 Å². The molecule has 6 heteroatoms. The van der Waals surface area contributed by atoms with Gasteiger partial charge in [-0.05, 0) is 31.0 Å². The molecule has 1 aromatic carbocycles. The molecule has 1 fully saturated rings. The predicted molar refractivity (Wildman–Crippen MR) is 71.2 cm³/mol. The van der Waals surface area contributed by atoms with E-state index in [0.29, 0.717) is 28.7 Å². The number of benzene rings is 1. The fraction of sp³-hybridized carbons (Fsp3) is 0.455. The minimum absolute atomic E-state index is 0.296. The Labute approximate surface area is 106 Å². The molecule has 1 unspecified atom stereocenters. The number of hydrogen-bond acceptors (Lipinski definition) is 4. The number of anilines is 2. The van der Waals surface area contributed by atoms with E-state index in [1.165, 1.54) is 0 Å². The van der Waals surface area contributed by atoms with Crippen molar-refractivity contribution < 1.29 is 8.42 Å². The van der Waals surface area contributed by atoms with Gasteiger partial charge in [-0.2, -0.15) is 0 Å². The van der Waals surface area contributed by atoms with Crippen molar-refractivity contribution in [3.8, 4) is 0 Å². The second-order valence-electron chi connectivity index (χ2n) is 4.24. The van der Waals surface area contributed by atoms with Crippen LogP contribution < -0.4 is 11.1 Å². The van der Waals surface area contributed by atoms with Gasteiger partial charge in [0, 0.05) is 11.6 Å². The first-order valence-electron chi connectivity index (χ1n) is 5.49. The summed E-state index contributed by atoms with van der Waals surface area (Å²) in [5.41, 5.74) is 7.04. The minimum Gasteiger partial charge on any atom is -0.397 e. The molecule has 1 aliphatic heterocycles. The van der Waals surface area contributed by atoms with Crippen molar-refractivity contribution in [1.29, 1.82) is 0 Å². The summed E-state index contributed by atoms with van der Waals surface area (Å²) in [5, 5.41) is 3.34. The van der Waals surface area contributed by atoms with Gasteiger partial charge < -0.3 is 11.1 Å². The molecule has 0 bridgehead atoms. The van der Waals surface area contributed by atoms with Crippen molar-refractivity contribution in [3.05, 3.63) is 23.2 Å². The summed E-state index contributed by atoms with van der Waals surface area (Å²) in [4.78, 5) is 0. The first-order valence-corrected chi connectivity index (χ1v) is 7.59. The first-order chi connectivity index (χ1) is 7.99. The molecule has 2 rings (SSSR count). The third-order valence-electron chi connectivity index (χ3n) is 3.00. The zero-order valence-corrected chi connectivity index (χ0v) is 10.9. The molecule has 1 heterocycles. The largest absolute Gasteiger partial charge is 0.397 e. The summed E-state index contributed by atoms with van der Waals surface area (Å²) < 4.78 is 23.3. The van der Waals surface area contributed by atoms with E-state index in [9.17, 15) is 8.42 Å². The normalized spacial score (nSPS) is 22.5. The predicted octanol–water partition coefficient (Wildman–Crippen LogP) is 1.91. The third-order valence-corrected chi connectivity index (χ3v) is 5.51. The number of nitrogens with one attached hydrogen (secondary N) is 1. The summed E-state index contributed by atoms with van der Waals surface area (Å²) >= 11 is 5.85. The smallest absolute Gasteiger partial charge is 0.154 e. The van der Waals surface area contributed by atoms with Gasteiger partial charge in [0.2, 0.25) is 0 Å². The highest BCUT2D eigenvalue weighted by atomic mass is 35.5. The maximum absolute atomic E-state index is 11.6. The molecule has 1 aliphatic rings. The number of sulfone groups is 1. The average Bonchev–Trinajstić information content (AvgIpc) is 2.59. The van der Waals surface area contributed by atoms with Crippen LogP contribution in [0.15, 0.2) is 18.2 Å². The van der Waals surface area contributed by atoms with E-state index in [1.54, 1.807) is 18.2 Å². The molecule has 0 spiro atoms. The maximum Gasteiger partial charge on any atom is 0.154 e. The molecule has 0 amide bonds. The van der Waals surface area contributed by atoms with Crippen molar-refractivity contribution in [1.82, 2.24) is 0 Å². The summed E-state index contributed by atoms with van der Waals surface area (Å²) in [5.74, 6) is 0.296. The zero-order valence-electron chi connectivity index (χ0n) is 9.32.